The van der Waals surface area contributed by atoms with Gasteiger partial charge in [0.2, 0.25) is 17.6 Å². The number of aromatic hydroxyl groups is 2. The quantitative estimate of drug-likeness (QED) is 0.160. The molecule has 0 aromatic heterocycles. The fraction of sp³-hybridized carbons (Fsp3) is 0.415. The molecule has 2 aliphatic rings. The van der Waals surface area contributed by atoms with Crippen LogP contribution in [0, 0.1) is 0 Å². The van der Waals surface area contributed by atoms with Gasteiger partial charge in [-0.15, -0.1) is 0 Å². The number of ether oxygens (including phenoxy) is 5. The van der Waals surface area contributed by atoms with Crippen LogP contribution in [0.2, 0.25) is 0 Å². The molecule has 0 aliphatic carbocycles. The first kappa shape index (κ1) is 39.5. The van der Waals surface area contributed by atoms with E-state index in [0.717, 1.165) is 5.56 Å². The zero-order chi connectivity index (χ0) is 38.9. The molecular weight excluding hydrogens is 696 g/mol. The number of benzene rings is 3. The molecule has 2 unspecified atom stereocenters. The van der Waals surface area contributed by atoms with Crippen molar-refractivity contribution in [3.8, 4) is 34.5 Å². The van der Waals surface area contributed by atoms with Gasteiger partial charge in [-0.3, -0.25) is 14.4 Å². The van der Waals surface area contributed by atoms with E-state index in [1.54, 1.807) is 56.5 Å². The number of cyclic esters (lactones) is 1. The first-order valence-corrected chi connectivity index (χ1v) is 18.0. The second kappa shape index (κ2) is 17.9. The summed E-state index contributed by atoms with van der Waals surface area (Å²) in [5, 5.41) is 29.3. The highest BCUT2D eigenvalue weighted by atomic mass is 16.5. The molecule has 4 N–H and O–H groups in total. The normalized spacial score (nSPS) is 18.6. The Hall–Kier alpha value is -5.72. The predicted molar refractivity (Wildman–Crippen MR) is 201 cm³/mol. The van der Waals surface area contributed by atoms with Crippen molar-refractivity contribution in [2.24, 2.45) is 0 Å². The Morgan fingerprint density at radius 1 is 0.963 bits per heavy atom. The average Bonchev–Trinajstić information content (AvgIpc) is 3.46. The van der Waals surface area contributed by atoms with E-state index in [1.807, 2.05) is 0 Å². The smallest absolute Gasteiger partial charge is 0.342 e. The maximum absolute atomic E-state index is 13.8. The third-order valence-corrected chi connectivity index (χ3v) is 9.84. The lowest BCUT2D eigenvalue weighted by Crippen LogP contribution is -2.28. The van der Waals surface area contributed by atoms with Gasteiger partial charge < -0.3 is 44.5 Å². The summed E-state index contributed by atoms with van der Waals surface area (Å²) in [5.74, 6) is -2.35. The first-order valence-electron chi connectivity index (χ1n) is 18.0. The third-order valence-electron chi connectivity index (χ3n) is 9.84. The molecule has 2 aliphatic heterocycles. The summed E-state index contributed by atoms with van der Waals surface area (Å²) in [6.45, 7) is 1.85. The van der Waals surface area contributed by atoms with Gasteiger partial charge in [0.05, 0.1) is 40.5 Å². The molecule has 0 fully saturated rings. The van der Waals surface area contributed by atoms with Crippen molar-refractivity contribution in [3.05, 3.63) is 70.3 Å². The van der Waals surface area contributed by atoms with E-state index in [4.69, 9.17) is 23.7 Å². The molecule has 3 aromatic rings. The molecule has 0 radical (unpaired) electrons. The highest BCUT2D eigenvalue weighted by Crippen LogP contribution is 2.48. The minimum atomic E-state index is -1.04. The highest BCUT2D eigenvalue weighted by Gasteiger charge is 2.33. The molecule has 2 heterocycles. The topological polar surface area (TPSA) is 179 Å². The molecule has 3 atom stereocenters. The summed E-state index contributed by atoms with van der Waals surface area (Å²) in [6, 6.07) is 9.91. The molecule has 288 valence electrons. The monoisotopic (exact) mass is 744 g/mol. The lowest BCUT2D eigenvalue weighted by molar-refractivity contribution is -0.122. The first-order chi connectivity index (χ1) is 26.0. The zero-order valence-electron chi connectivity index (χ0n) is 31.3. The fourth-order valence-corrected chi connectivity index (χ4v) is 7.04. The van der Waals surface area contributed by atoms with Crippen LogP contribution in [0.3, 0.4) is 0 Å². The number of phenols is 2. The van der Waals surface area contributed by atoms with Crippen molar-refractivity contribution < 1.29 is 53.1 Å². The van der Waals surface area contributed by atoms with Crippen LogP contribution in [0.5, 0.6) is 34.5 Å². The van der Waals surface area contributed by atoms with E-state index in [0.29, 0.717) is 67.7 Å². The van der Waals surface area contributed by atoms with Crippen molar-refractivity contribution in [1.29, 1.82) is 0 Å². The molecule has 0 saturated carbocycles. The minimum Gasteiger partial charge on any atom is -0.507 e. The number of rotatable bonds is 11. The van der Waals surface area contributed by atoms with E-state index in [2.05, 4.69) is 10.6 Å². The van der Waals surface area contributed by atoms with Crippen LogP contribution in [0.4, 0.5) is 5.69 Å². The number of hydrogen-bond donors (Lipinski definition) is 4. The number of anilines is 1. The fourth-order valence-electron chi connectivity index (χ4n) is 7.04. The van der Waals surface area contributed by atoms with E-state index in [1.165, 1.54) is 27.4 Å². The number of methoxy groups -OCH3 is 4. The van der Waals surface area contributed by atoms with Crippen LogP contribution < -0.4 is 29.6 Å². The van der Waals surface area contributed by atoms with Crippen LogP contribution in [-0.2, 0) is 19.1 Å². The number of fused-ring (bicyclic) bond motifs is 2. The van der Waals surface area contributed by atoms with Gasteiger partial charge in [-0.1, -0.05) is 12.2 Å². The van der Waals surface area contributed by atoms with E-state index in [9.17, 15) is 29.4 Å². The molecule has 2 amide bonds. The number of ketones is 1. The molecule has 5 rings (SSSR count). The van der Waals surface area contributed by atoms with Crippen molar-refractivity contribution in [1.82, 2.24) is 5.32 Å². The lowest BCUT2D eigenvalue weighted by Gasteiger charge is -2.24. The number of Topliss-reactive ketones (excluding diaryl/α,β-unsaturated/α-hetero) is 1. The minimum absolute atomic E-state index is 0.0842. The number of esters is 1. The molecule has 13 heteroatoms. The largest absolute Gasteiger partial charge is 0.507 e. The van der Waals surface area contributed by atoms with Crippen LogP contribution in [-0.4, -0.2) is 74.9 Å². The summed E-state index contributed by atoms with van der Waals surface area (Å²) >= 11 is 0. The number of amides is 2. The van der Waals surface area contributed by atoms with E-state index in [-0.39, 0.29) is 58.6 Å². The number of phenolic OH excluding ortho intramolecular Hbond substituents is 2. The molecule has 3 aromatic carbocycles. The van der Waals surface area contributed by atoms with Crippen LogP contribution in [0.1, 0.15) is 103 Å². The summed E-state index contributed by atoms with van der Waals surface area (Å²) in [4.78, 5) is 52.6. The van der Waals surface area contributed by atoms with E-state index >= 15 is 0 Å². The second-order valence-corrected chi connectivity index (χ2v) is 13.4. The average molecular weight is 745 g/mol. The Morgan fingerprint density at radius 3 is 2.37 bits per heavy atom. The van der Waals surface area contributed by atoms with Crippen molar-refractivity contribution in [2.45, 2.75) is 76.2 Å². The highest BCUT2D eigenvalue weighted by molar-refractivity contribution is 6.03. The van der Waals surface area contributed by atoms with Gasteiger partial charge in [0.15, 0.2) is 11.5 Å². The maximum atomic E-state index is 13.8. The standard InChI is InChI=1S/C41H48N2O11/c1-23-10-9-13-26(44)12-8-6-7-11-24-18-32(45)37(38(47)36(24)41(49)54-23)29(25-19-33(51-3)39(53-5)34(20-25)52-4)22-35(46)42-17-16-28-30-21-27(50-2)14-15-31(30)43-40(28)48/h7,11,14-15,18-21,23,28-29,45,47H,6,8-10,12-13,16-17,22H2,1-5H3,(H,42,46)(H,43,48)/b11-7+/t23-,28?,29?/m0/s1. The van der Waals surface area contributed by atoms with Crippen LogP contribution in [0.15, 0.2) is 42.5 Å². The number of carbonyl (C=O) groups is 4. The summed E-state index contributed by atoms with van der Waals surface area (Å²) in [6.07, 6.45) is 5.79. The van der Waals surface area contributed by atoms with Gasteiger partial charge in [-0.05, 0) is 92.1 Å². The SMILES string of the molecule is COc1ccc2c(c1)C(CCNC(=O)CC(c1cc(OC)c(OC)c(OC)c1)c1c(O)cc3c(c1O)C(=O)O[C@@H](C)CCCC(=O)CCC/C=C/3)C(=O)N2. The van der Waals surface area contributed by atoms with Crippen molar-refractivity contribution in [3.63, 3.8) is 0 Å². The molecular formula is C41H48N2O11. The molecule has 0 bridgehead atoms. The Bertz CT molecular complexity index is 1900. The Morgan fingerprint density at radius 2 is 1.69 bits per heavy atom. The molecule has 0 spiro atoms. The van der Waals surface area contributed by atoms with Crippen LogP contribution in [0.25, 0.3) is 6.08 Å². The lowest BCUT2D eigenvalue weighted by atomic mass is 9.84. The Balaban J connectivity index is 1.52. The van der Waals surface area contributed by atoms with Crippen LogP contribution >= 0.6 is 0 Å². The number of hydrogen-bond acceptors (Lipinski definition) is 11. The Kier molecular flexibility index (Phi) is 13.1. The van der Waals surface area contributed by atoms with Gasteiger partial charge in [-0.2, -0.15) is 0 Å². The van der Waals surface area contributed by atoms with Gasteiger partial charge in [0.1, 0.15) is 28.6 Å². The molecule has 0 saturated heterocycles. The summed E-state index contributed by atoms with van der Waals surface area (Å²) in [5.41, 5.74) is 1.83. The maximum Gasteiger partial charge on any atom is 0.342 e. The predicted octanol–water partition coefficient (Wildman–Crippen LogP) is 6.38. The van der Waals surface area contributed by atoms with Gasteiger partial charge in [0.25, 0.3) is 0 Å². The summed E-state index contributed by atoms with van der Waals surface area (Å²) < 4.78 is 27.8. The number of carbonyl (C=O) groups excluding carboxylic acids is 4. The van der Waals surface area contributed by atoms with Gasteiger partial charge >= 0.3 is 5.97 Å². The zero-order valence-corrected chi connectivity index (χ0v) is 31.3. The molecule has 54 heavy (non-hydrogen) atoms. The molecule has 13 nitrogen and oxygen atoms in total. The van der Waals surface area contributed by atoms with Gasteiger partial charge in [-0.25, -0.2) is 4.79 Å². The number of allylic oxidation sites excluding steroid dienone is 1. The Labute approximate surface area is 314 Å². The van der Waals surface area contributed by atoms with Crippen molar-refractivity contribution >= 4 is 35.3 Å². The third kappa shape index (κ3) is 8.90. The second-order valence-electron chi connectivity index (χ2n) is 13.4. The van der Waals surface area contributed by atoms with E-state index < -0.39 is 35.6 Å². The summed E-state index contributed by atoms with van der Waals surface area (Å²) in [7, 11) is 5.88. The number of nitrogens with one attached hydrogen (secondary N) is 2. The van der Waals surface area contributed by atoms with Crippen molar-refractivity contribution in [2.75, 3.05) is 40.3 Å². The van der Waals surface area contributed by atoms with Gasteiger partial charge in [0, 0.05) is 43.0 Å².